The maximum Gasteiger partial charge on any atom is 0.253 e. The van der Waals surface area contributed by atoms with Crippen molar-refractivity contribution in [3.05, 3.63) is 76.8 Å². The Hall–Kier alpha value is -2.60. The highest BCUT2D eigenvalue weighted by Crippen LogP contribution is 2.22. The number of ether oxygens (including phenoxy) is 1. The maximum atomic E-state index is 12.0. The predicted octanol–water partition coefficient (Wildman–Crippen LogP) is 4.16. The molecule has 0 spiro atoms. The van der Waals surface area contributed by atoms with Crippen LogP contribution in [0.1, 0.15) is 16.1 Å². The number of carbonyl (C=O) groups excluding carboxylic acids is 1. The smallest absolute Gasteiger partial charge is 0.253 e. The number of halogens is 1. The zero-order chi connectivity index (χ0) is 16.1. The van der Waals surface area contributed by atoms with Crippen LogP contribution in [0.25, 0.3) is 0 Å². The minimum absolute atomic E-state index is 0.220. The number of pyridine rings is 1. The molecule has 2 heterocycles. The first-order valence-corrected chi connectivity index (χ1v) is 7.70. The fraction of sp³-hybridized carbons (Fsp3) is 0.0588. The van der Waals surface area contributed by atoms with Gasteiger partial charge in [0.2, 0.25) is 5.88 Å². The number of amides is 1. The van der Waals surface area contributed by atoms with Gasteiger partial charge in [-0.3, -0.25) is 4.79 Å². The lowest BCUT2D eigenvalue weighted by Gasteiger charge is -2.06. The summed E-state index contributed by atoms with van der Waals surface area (Å²) in [4.78, 5) is 16.2. The molecule has 116 valence electrons. The quantitative estimate of drug-likeness (QED) is 0.730. The topological polar surface area (TPSA) is 64.4 Å². The number of benzene rings is 1. The molecule has 0 aliphatic carbocycles. The van der Waals surface area contributed by atoms with E-state index in [1.54, 1.807) is 30.5 Å². The van der Waals surface area contributed by atoms with Gasteiger partial charge in [0.05, 0.1) is 18.4 Å². The molecule has 0 atom stereocenters. The summed E-state index contributed by atoms with van der Waals surface area (Å²) < 4.78 is 11.7. The summed E-state index contributed by atoms with van der Waals surface area (Å²) in [6.07, 6.45) is 3.04. The SMILES string of the molecule is O=C(NCc1ccco1)c1ccc(Oc2cccc(Br)c2)nc1. The van der Waals surface area contributed by atoms with Crippen LogP contribution in [0.15, 0.2) is 69.9 Å². The van der Waals surface area contributed by atoms with Gasteiger partial charge < -0.3 is 14.5 Å². The van der Waals surface area contributed by atoms with E-state index in [1.165, 1.54) is 6.20 Å². The Morgan fingerprint density at radius 2 is 2.13 bits per heavy atom. The second kappa shape index (κ2) is 7.11. The molecule has 0 bridgehead atoms. The van der Waals surface area contributed by atoms with Crippen LogP contribution in [0, 0.1) is 0 Å². The molecule has 0 unspecified atom stereocenters. The molecule has 1 aromatic carbocycles. The van der Waals surface area contributed by atoms with Crippen LogP contribution in [0.2, 0.25) is 0 Å². The van der Waals surface area contributed by atoms with Gasteiger partial charge in [-0.15, -0.1) is 0 Å². The number of hydrogen-bond acceptors (Lipinski definition) is 4. The maximum absolute atomic E-state index is 12.0. The van der Waals surface area contributed by atoms with E-state index in [4.69, 9.17) is 9.15 Å². The summed E-state index contributed by atoms with van der Waals surface area (Å²) in [5.74, 6) is 1.57. The molecular weight excluding hydrogens is 360 g/mol. The van der Waals surface area contributed by atoms with Gasteiger partial charge in [0.15, 0.2) is 0 Å². The number of carbonyl (C=O) groups is 1. The van der Waals surface area contributed by atoms with Crippen LogP contribution in [0.4, 0.5) is 0 Å². The lowest BCUT2D eigenvalue weighted by Crippen LogP contribution is -2.22. The number of furan rings is 1. The van der Waals surface area contributed by atoms with Crippen molar-refractivity contribution in [3.63, 3.8) is 0 Å². The average molecular weight is 373 g/mol. The van der Waals surface area contributed by atoms with Gasteiger partial charge in [0.25, 0.3) is 5.91 Å². The van der Waals surface area contributed by atoms with Gasteiger partial charge >= 0.3 is 0 Å². The van der Waals surface area contributed by atoms with E-state index in [0.717, 1.165) is 4.47 Å². The third kappa shape index (κ3) is 4.20. The molecule has 6 heteroatoms. The number of aromatic nitrogens is 1. The Morgan fingerprint density at radius 1 is 1.22 bits per heavy atom. The first-order chi connectivity index (χ1) is 11.2. The molecule has 23 heavy (non-hydrogen) atoms. The molecule has 0 fully saturated rings. The lowest BCUT2D eigenvalue weighted by atomic mass is 10.2. The van der Waals surface area contributed by atoms with Crippen LogP contribution >= 0.6 is 15.9 Å². The Labute approximate surface area is 141 Å². The third-order valence-corrected chi connectivity index (χ3v) is 3.51. The number of hydrogen-bond donors (Lipinski definition) is 1. The molecular formula is C17H13BrN2O3. The van der Waals surface area contributed by atoms with Crippen molar-refractivity contribution in [2.24, 2.45) is 0 Å². The second-order valence-electron chi connectivity index (χ2n) is 4.71. The van der Waals surface area contributed by atoms with Gasteiger partial charge in [-0.1, -0.05) is 22.0 Å². The van der Waals surface area contributed by atoms with Crippen LogP contribution in [-0.4, -0.2) is 10.9 Å². The van der Waals surface area contributed by atoms with Gasteiger partial charge in [-0.05, 0) is 36.4 Å². The monoisotopic (exact) mass is 372 g/mol. The Bertz CT molecular complexity index is 786. The van der Waals surface area contributed by atoms with Gasteiger partial charge in [-0.2, -0.15) is 0 Å². The minimum Gasteiger partial charge on any atom is -0.467 e. The molecule has 0 aliphatic rings. The second-order valence-corrected chi connectivity index (χ2v) is 5.62. The molecule has 1 amide bonds. The summed E-state index contributed by atoms with van der Waals surface area (Å²) in [5, 5.41) is 2.76. The van der Waals surface area contributed by atoms with Crippen molar-refractivity contribution < 1.29 is 13.9 Å². The number of nitrogens with one attached hydrogen (secondary N) is 1. The molecule has 3 rings (SSSR count). The summed E-state index contributed by atoms with van der Waals surface area (Å²) in [5.41, 5.74) is 0.457. The molecule has 5 nitrogen and oxygen atoms in total. The highest BCUT2D eigenvalue weighted by molar-refractivity contribution is 9.10. The van der Waals surface area contributed by atoms with Crippen molar-refractivity contribution in [2.75, 3.05) is 0 Å². The third-order valence-electron chi connectivity index (χ3n) is 3.02. The van der Waals surface area contributed by atoms with E-state index in [-0.39, 0.29) is 5.91 Å². The zero-order valence-electron chi connectivity index (χ0n) is 12.0. The first kappa shape index (κ1) is 15.3. The van der Waals surface area contributed by atoms with E-state index in [9.17, 15) is 4.79 Å². The van der Waals surface area contributed by atoms with E-state index >= 15 is 0 Å². The minimum atomic E-state index is -0.220. The molecule has 3 aromatic rings. The summed E-state index contributed by atoms with van der Waals surface area (Å²) in [7, 11) is 0. The van der Waals surface area contributed by atoms with E-state index < -0.39 is 0 Å². The van der Waals surface area contributed by atoms with Crippen molar-refractivity contribution >= 4 is 21.8 Å². The van der Waals surface area contributed by atoms with Crippen molar-refractivity contribution in [1.82, 2.24) is 10.3 Å². The molecule has 1 N–H and O–H groups in total. The first-order valence-electron chi connectivity index (χ1n) is 6.91. The van der Waals surface area contributed by atoms with Crippen LogP contribution in [0.3, 0.4) is 0 Å². The fourth-order valence-corrected chi connectivity index (χ4v) is 2.29. The number of rotatable bonds is 5. The Kier molecular flexibility index (Phi) is 4.73. The number of nitrogens with zero attached hydrogens (tertiary/aromatic N) is 1. The highest BCUT2D eigenvalue weighted by Gasteiger charge is 2.07. The standard InChI is InChI=1S/C17H13BrN2O3/c18-13-3-1-4-14(9-13)23-16-7-6-12(10-19-16)17(21)20-11-15-5-2-8-22-15/h1-10H,11H2,(H,20,21). The highest BCUT2D eigenvalue weighted by atomic mass is 79.9. The average Bonchev–Trinajstić information content (AvgIpc) is 3.07. The fourth-order valence-electron chi connectivity index (χ4n) is 1.91. The molecule has 2 aromatic heterocycles. The molecule has 0 aliphatic heterocycles. The van der Waals surface area contributed by atoms with Crippen molar-refractivity contribution in [2.45, 2.75) is 6.54 Å². The van der Waals surface area contributed by atoms with E-state index in [1.807, 2.05) is 24.3 Å². The predicted molar refractivity (Wildman–Crippen MR) is 88.3 cm³/mol. The Morgan fingerprint density at radius 3 is 2.83 bits per heavy atom. The van der Waals surface area contributed by atoms with Gasteiger partial charge in [0, 0.05) is 16.7 Å². The summed E-state index contributed by atoms with van der Waals surface area (Å²) in [6, 6.07) is 14.3. The lowest BCUT2D eigenvalue weighted by molar-refractivity contribution is 0.0947. The van der Waals surface area contributed by atoms with E-state index in [0.29, 0.717) is 29.5 Å². The Balaban J connectivity index is 1.61. The van der Waals surface area contributed by atoms with Crippen LogP contribution in [-0.2, 0) is 6.54 Å². The van der Waals surface area contributed by atoms with E-state index in [2.05, 4.69) is 26.2 Å². The molecule has 0 saturated heterocycles. The van der Waals surface area contributed by atoms with Crippen molar-refractivity contribution in [3.8, 4) is 11.6 Å². The van der Waals surface area contributed by atoms with Crippen molar-refractivity contribution in [1.29, 1.82) is 0 Å². The normalized spacial score (nSPS) is 10.3. The van der Waals surface area contributed by atoms with Crippen LogP contribution < -0.4 is 10.1 Å². The largest absolute Gasteiger partial charge is 0.467 e. The van der Waals surface area contributed by atoms with Gasteiger partial charge in [-0.25, -0.2) is 4.98 Å². The van der Waals surface area contributed by atoms with Gasteiger partial charge in [0.1, 0.15) is 11.5 Å². The van der Waals surface area contributed by atoms with Crippen LogP contribution in [0.5, 0.6) is 11.6 Å². The summed E-state index contributed by atoms with van der Waals surface area (Å²) in [6.45, 7) is 0.335. The summed E-state index contributed by atoms with van der Waals surface area (Å²) >= 11 is 3.38. The molecule has 0 saturated carbocycles. The zero-order valence-corrected chi connectivity index (χ0v) is 13.6. The molecule has 0 radical (unpaired) electrons.